The quantitative estimate of drug-likeness (QED) is 0.736. The molecule has 0 saturated heterocycles. The fourth-order valence-electron chi connectivity index (χ4n) is 2.17. The second-order valence-electron chi connectivity index (χ2n) is 4.97. The predicted octanol–water partition coefficient (Wildman–Crippen LogP) is 2.61. The van der Waals surface area contributed by atoms with Gasteiger partial charge in [-0.05, 0) is 24.1 Å². The maximum Gasteiger partial charge on any atom is 0.173 e. The number of nitrogens with zero attached hydrogens (tertiary/aromatic N) is 5. The van der Waals surface area contributed by atoms with Crippen molar-refractivity contribution in [3.8, 4) is 5.82 Å². The lowest BCUT2D eigenvalue weighted by Gasteiger charge is -2.19. The zero-order valence-electron chi connectivity index (χ0n) is 12.1. The molecule has 0 atom stereocenters. The van der Waals surface area contributed by atoms with Crippen LogP contribution in [-0.2, 0) is 6.54 Å². The number of aromatic nitrogens is 4. The van der Waals surface area contributed by atoms with Gasteiger partial charge >= 0.3 is 0 Å². The number of hydrogen-bond acceptors (Lipinski definition) is 4. The van der Waals surface area contributed by atoms with E-state index in [1.165, 1.54) is 11.1 Å². The van der Waals surface area contributed by atoms with Crippen LogP contribution in [0.15, 0.2) is 55.1 Å². The van der Waals surface area contributed by atoms with Gasteiger partial charge in [0.05, 0.1) is 12.4 Å². The van der Waals surface area contributed by atoms with Crippen molar-refractivity contribution >= 4 is 5.82 Å². The van der Waals surface area contributed by atoms with Gasteiger partial charge in [0.2, 0.25) is 0 Å². The number of aryl methyl sites for hydroxylation is 1. The highest BCUT2D eigenvalue weighted by atomic mass is 15.3. The van der Waals surface area contributed by atoms with Crippen molar-refractivity contribution in [2.45, 2.75) is 13.5 Å². The Labute approximate surface area is 123 Å². The van der Waals surface area contributed by atoms with E-state index < -0.39 is 0 Å². The van der Waals surface area contributed by atoms with Gasteiger partial charge in [0, 0.05) is 26.0 Å². The maximum atomic E-state index is 4.60. The van der Waals surface area contributed by atoms with Crippen molar-refractivity contribution in [2.75, 3.05) is 11.9 Å². The lowest BCUT2D eigenvalue weighted by molar-refractivity contribution is 0.817. The second-order valence-corrected chi connectivity index (χ2v) is 4.97. The molecule has 0 radical (unpaired) electrons. The topological polar surface area (TPSA) is 46.8 Å². The smallest absolute Gasteiger partial charge is 0.173 e. The van der Waals surface area contributed by atoms with Gasteiger partial charge in [-0.2, -0.15) is 5.10 Å². The highest BCUT2D eigenvalue weighted by molar-refractivity contribution is 5.40. The molecular weight excluding hydrogens is 262 g/mol. The zero-order valence-corrected chi connectivity index (χ0v) is 12.1. The molecule has 2 heterocycles. The van der Waals surface area contributed by atoms with Crippen LogP contribution in [0.5, 0.6) is 0 Å². The number of rotatable bonds is 4. The lowest BCUT2D eigenvalue weighted by Crippen LogP contribution is -2.19. The molecule has 0 spiro atoms. The molecule has 0 saturated carbocycles. The normalized spacial score (nSPS) is 10.6. The molecule has 5 heteroatoms. The van der Waals surface area contributed by atoms with E-state index in [2.05, 4.69) is 51.2 Å². The van der Waals surface area contributed by atoms with Crippen LogP contribution in [0.25, 0.3) is 5.82 Å². The molecule has 3 aromatic rings. The van der Waals surface area contributed by atoms with Crippen LogP contribution in [0.3, 0.4) is 0 Å². The summed E-state index contributed by atoms with van der Waals surface area (Å²) in [5.41, 5.74) is 2.56. The molecule has 0 amide bonds. The van der Waals surface area contributed by atoms with Crippen LogP contribution in [0.4, 0.5) is 5.82 Å². The monoisotopic (exact) mass is 279 g/mol. The van der Waals surface area contributed by atoms with Crippen molar-refractivity contribution in [3.05, 3.63) is 66.2 Å². The van der Waals surface area contributed by atoms with Crippen molar-refractivity contribution < 1.29 is 0 Å². The average molecular weight is 279 g/mol. The molecule has 0 aliphatic heterocycles. The fraction of sp³-hybridized carbons (Fsp3) is 0.188. The van der Waals surface area contributed by atoms with Crippen LogP contribution in [-0.4, -0.2) is 26.8 Å². The van der Waals surface area contributed by atoms with Crippen LogP contribution in [0, 0.1) is 6.92 Å². The average Bonchev–Trinajstić information content (AvgIpc) is 3.04. The Morgan fingerprint density at radius 1 is 1.14 bits per heavy atom. The van der Waals surface area contributed by atoms with E-state index in [4.69, 9.17) is 0 Å². The molecule has 0 N–H and O–H groups in total. The van der Waals surface area contributed by atoms with E-state index in [0.717, 1.165) is 12.4 Å². The summed E-state index contributed by atoms with van der Waals surface area (Å²) in [6.07, 6.45) is 7.06. The Morgan fingerprint density at radius 2 is 2.00 bits per heavy atom. The van der Waals surface area contributed by atoms with Crippen molar-refractivity contribution in [2.24, 2.45) is 0 Å². The number of hydrogen-bond donors (Lipinski definition) is 0. The Kier molecular flexibility index (Phi) is 3.64. The molecule has 3 rings (SSSR count). The van der Waals surface area contributed by atoms with Gasteiger partial charge in [-0.25, -0.2) is 9.67 Å². The summed E-state index contributed by atoms with van der Waals surface area (Å²) in [6, 6.07) is 10.2. The van der Waals surface area contributed by atoms with Crippen LogP contribution < -0.4 is 4.90 Å². The largest absolute Gasteiger partial charge is 0.354 e. The van der Waals surface area contributed by atoms with Crippen LogP contribution in [0.1, 0.15) is 11.1 Å². The lowest BCUT2D eigenvalue weighted by atomic mass is 10.1. The SMILES string of the molecule is Cc1ccccc1CN(C)c1cncc(-n2cccn2)n1. The predicted molar refractivity (Wildman–Crippen MR) is 82.4 cm³/mol. The molecule has 0 bridgehead atoms. The third-order valence-corrected chi connectivity index (χ3v) is 3.41. The van der Waals surface area contributed by atoms with E-state index in [1.807, 2.05) is 19.3 Å². The molecule has 0 aliphatic carbocycles. The van der Waals surface area contributed by atoms with E-state index in [-0.39, 0.29) is 0 Å². The van der Waals surface area contributed by atoms with Gasteiger partial charge in [0.25, 0.3) is 0 Å². The first-order valence-corrected chi connectivity index (χ1v) is 6.82. The highest BCUT2D eigenvalue weighted by Crippen LogP contribution is 2.15. The summed E-state index contributed by atoms with van der Waals surface area (Å²) in [7, 11) is 2.02. The molecule has 0 fully saturated rings. The Bertz CT molecular complexity index is 721. The molecule has 5 nitrogen and oxygen atoms in total. The van der Waals surface area contributed by atoms with E-state index >= 15 is 0 Å². The molecule has 0 aliphatic rings. The van der Waals surface area contributed by atoms with Crippen LogP contribution >= 0.6 is 0 Å². The Hall–Kier alpha value is -2.69. The molecule has 21 heavy (non-hydrogen) atoms. The fourth-order valence-corrected chi connectivity index (χ4v) is 2.17. The standard InChI is InChI=1S/C16H17N5/c1-13-6-3-4-7-14(13)12-20(2)15-10-17-11-16(19-15)21-9-5-8-18-21/h3-11H,12H2,1-2H3. The molecule has 2 aromatic heterocycles. The van der Waals surface area contributed by atoms with Crippen LogP contribution in [0.2, 0.25) is 0 Å². The van der Waals surface area contributed by atoms with E-state index in [1.54, 1.807) is 23.3 Å². The van der Waals surface area contributed by atoms with Gasteiger partial charge in [-0.3, -0.25) is 4.98 Å². The minimum Gasteiger partial charge on any atom is -0.354 e. The maximum absolute atomic E-state index is 4.60. The Balaban J connectivity index is 1.84. The minimum absolute atomic E-state index is 0.717. The van der Waals surface area contributed by atoms with Gasteiger partial charge in [-0.15, -0.1) is 0 Å². The Morgan fingerprint density at radius 3 is 2.76 bits per heavy atom. The molecule has 106 valence electrons. The van der Waals surface area contributed by atoms with E-state index in [9.17, 15) is 0 Å². The zero-order chi connectivity index (χ0) is 14.7. The highest BCUT2D eigenvalue weighted by Gasteiger charge is 2.08. The van der Waals surface area contributed by atoms with Crippen molar-refractivity contribution in [1.29, 1.82) is 0 Å². The first-order valence-electron chi connectivity index (χ1n) is 6.82. The van der Waals surface area contributed by atoms with Gasteiger partial charge in [0.15, 0.2) is 5.82 Å². The van der Waals surface area contributed by atoms with Crippen molar-refractivity contribution in [1.82, 2.24) is 19.7 Å². The number of anilines is 1. The van der Waals surface area contributed by atoms with Gasteiger partial charge in [-0.1, -0.05) is 24.3 Å². The van der Waals surface area contributed by atoms with Crippen molar-refractivity contribution in [3.63, 3.8) is 0 Å². The summed E-state index contributed by atoms with van der Waals surface area (Å²) in [4.78, 5) is 11.0. The summed E-state index contributed by atoms with van der Waals surface area (Å²) in [5.74, 6) is 1.54. The van der Waals surface area contributed by atoms with E-state index in [0.29, 0.717) is 5.82 Å². The van der Waals surface area contributed by atoms with Gasteiger partial charge < -0.3 is 4.90 Å². The first-order chi connectivity index (χ1) is 10.2. The number of benzene rings is 1. The summed E-state index contributed by atoms with van der Waals surface area (Å²) in [5, 5.41) is 4.18. The van der Waals surface area contributed by atoms with Gasteiger partial charge in [0.1, 0.15) is 5.82 Å². The third kappa shape index (κ3) is 2.91. The summed E-state index contributed by atoms with van der Waals surface area (Å²) < 4.78 is 1.71. The molecule has 1 aromatic carbocycles. The summed E-state index contributed by atoms with van der Waals surface area (Å²) in [6.45, 7) is 2.92. The molecular formula is C16H17N5. The molecule has 0 unspecified atom stereocenters. The summed E-state index contributed by atoms with van der Waals surface area (Å²) >= 11 is 0. The third-order valence-electron chi connectivity index (χ3n) is 3.41. The minimum atomic E-state index is 0.717. The second kappa shape index (κ2) is 5.75. The first kappa shape index (κ1) is 13.3.